The average molecular weight is 411 g/mol. The lowest BCUT2D eigenvalue weighted by Gasteiger charge is -2.21. The molecule has 0 radical (unpaired) electrons. The zero-order valence-corrected chi connectivity index (χ0v) is 17.6. The lowest BCUT2D eigenvalue weighted by molar-refractivity contribution is 0.854. The summed E-state index contributed by atoms with van der Waals surface area (Å²) in [5.74, 6) is 1.34. The maximum atomic E-state index is 4.73. The lowest BCUT2D eigenvalue weighted by atomic mass is 10.1. The number of benzene rings is 2. The van der Waals surface area contributed by atoms with Crippen molar-refractivity contribution in [2.45, 2.75) is 13.0 Å². The van der Waals surface area contributed by atoms with E-state index >= 15 is 0 Å². The van der Waals surface area contributed by atoms with Crippen LogP contribution < -0.4 is 10.2 Å². The molecule has 4 aromatic rings. The van der Waals surface area contributed by atoms with Crippen molar-refractivity contribution < 1.29 is 0 Å². The summed E-state index contributed by atoms with van der Waals surface area (Å²) in [6.45, 7) is 11.3. The van der Waals surface area contributed by atoms with Crippen LogP contribution in [0.15, 0.2) is 92.4 Å². The van der Waals surface area contributed by atoms with Gasteiger partial charge in [0.05, 0.1) is 17.1 Å². The Morgan fingerprint density at radius 3 is 2.55 bits per heavy atom. The van der Waals surface area contributed by atoms with E-state index < -0.39 is 0 Å². The van der Waals surface area contributed by atoms with E-state index in [1.807, 2.05) is 47.1 Å². The zero-order chi connectivity index (χ0) is 21.6. The quantitative estimate of drug-likeness (QED) is 0.386. The normalized spacial score (nSPS) is 11.8. The predicted molar refractivity (Wildman–Crippen MR) is 128 cm³/mol. The van der Waals surface area contributed by atoms with Crippen molar-refractivity contribution in [1.29, 1.82) is 0 Å². The molecule has 0 spiro atoms. The van der Waals surface area contributed by atoms with Crippen LogP contribution >= 0.6 is 0 Å². The molecule has 0 aliphatic carbocycles. The third kappa shape index (κ3) is 4.48. The molecule has 1 atom stereocenters. The number of hydrogen-bond donors (Lipinski definition) is 1. The molecule has 0 saturated carbocycles. The van der Waals surface area contributed by atoms with Crippen LogP contribution in [-0.2, 0) is 0 Å². The Hall–Kier alpha value is -3.93. The van der Waals surface area contributed by atoms with Crippen LogP contribution in [0.5, 0.6) is 0 Å². The Labute approximate surface area is 182 Å². The number of aromatic nitrogens is 4. The van der Waals surface area contributed by atoms with E-state index in [2.05, 4.69) is 64.5 Å². The number of nitrogens with one attached hydrogen (secondary N) is 1. The summed E-state index contributed by atoms with van der Waals surface area (Å²) in [6, 6.07) is 18.4. The summed E-state index contributed by atoms with van der Waals surface area (Å²) in [6.07, 6.45) is 7.34. The van der Waals surface area contributed by atoms with E-state index in [1.54, 1.807) is 12.5 Å². The number of anilines is 2. The van der Waals surface area contributed by atoms with E-state index in [-0.39, 0.29) is 6.04 Å². The van der Waals surface area contributed by atoms with Crippen LogP contribution in [0.3, 0.4) is 0 Å². The number of fused-ring (bicyclic) bond motifs is 1. The summed E-state index contributed by atoms with van der Waals surface area (Å²) in [5.41, 5.74) is 4.15. The first-order valence-electron chi connectivity index (χ1n) is 10.3. The molecule has 1 N–H and O–H groups in total. The van der Waals surface area contributed by atoms with Gasteiger partial charge in [0.25, 0.3) is 0 Å². The number of rotatable bonds is 9. The minimum Gasteiger partial charge on any atom is -0.364 e. The highest BCUT2D eigenvalue weighted by Crippen LogP contribution is 2.24. The second-order valence-corrected chi connectivity index (χ2v) is 7.29. The first-order chi connectivity index (χ1) is 15.2. The standard InChI is InChI=1S/C25H26N6/c1-4-15-30(16-5-2)21-11-12-22-23(17-21)31(18-27-22)24-13-14-26-25(29-24)28-19(3)20-9-7-6-8-10-20/h4-14,17-19H,1-2,15-16H2,3H3,(H,26,28,29). The van der Waals surface area contributed by atoms with E-state index in [0.29, 0.717) is 5.95 Å². The molecule has 2 aromatic heterocycles. The second kappa shape index (κ2) is 9.26. The van der Waals surface area contributed by atoms with Gasteiger partial charge in [0, 0.05) is 25.0 Å². The minimum atomic E-state index is 0.0916. The summed E-state index contributed by atoms with van der Waals surface area (Å²) in [7, 11) is 0. The van der Waals surface area contributed by atoms with Crippen LogP contribution in [0.1, 0.15) is 18.5 Å². The Kier molecular flexibility index (Phi) is 6.08. The van der Waals surface area contributed by atoms with Gasteiger partial charge in [-0.3, -0.25) is 4.57 Å². The van der Waals surface area contributed by atoms with Crippen molar-refractivity contribution in [3.05, 3.63) is 98.0 Å². The molecule has 0 aliphatic rings. The number of imidazole rings is 1. The summed E-state index contributed by atoms with van der Waals surface area (Å²) >= 11 is 0. The Morgan fingerprint density at radius 2 is 1.81 bits per heavy atom. The van der Waals surface area contributed by atoms with Gasteiger partial charge in [0.15, 0.2) is 0 Å². The summed E-state index contributed by atoms with van der Waals surface area (Å²) < 4.78 is 1.98. The highest BCUT2D eigenvalue weighted by atomic mass is 15.2. The van der Waals surface area contributed by atoms with Crippen molar-refractivity contribution in [3.8, 4) is 5.82 Å². The largest absolute Gasteiger partial charge is 0.364 e. The van der Waals surface area contributed by atoms with Gasteiger partial charge in [-0.15, -0.1) is 13.2 Å². The zero-order valence-electron chi connectivity index (χ0n) is 17.6. The van der Waals surface area contributed by atoms with Gasteiger partial charge in [-0.25, -0.2) is 9.97 Å². The average Bonchev–Trinajstić information content (AvgIpc) is 3.23. The molecule has 31 heavy (non-hydrogen) atoms. The second-order valence-electron chi connectivity index (χ2n) is 7.29. The maximum absolute atomic E-state index is 4.73. The van der Waals surface area contributed by atoms with Crippen LogP contribution in [0.25, 0.3) is 16.9 Å². The highest BCUT2D eigenvalue weighted by Gasteiger charge is 2.12. The lowest BCUT2D eigenvalue weighted by Crippen LogP contribution is -2.22. The number of hydrogen-bond acceptors (Lipinski definition) is 5. The monoisotopic (exact) mass is 410 g/mol. The molecule has 1 unspecified atom stereocenters. The van der Waals surface area contributed by atoms with Crippen LogP contribution in [-0.4, -0.2) is 32.6 Å². The van der Waals surface area contributed by atoms with Gasteiger partial charge in [-0.05, 0) is 36.8 Å². The Morgan fingerprint density at radius 1 is 1.03 bits per heavy atom. The third-order valence-corrected chi connectivity index (χ3v) is 5.13. The minimum absolute atomic E-state index is 0.0916. The van der Waals surface area contributed by atoms with E-state index in [1.165, 1.54) is 5.56 Å². The summed E-state index contributed by atoms with van der Waals surface area (Å²) in [5, 5.41) is 3.39. The maximum Gasteiger partial charge on any atom is 0.225 e. The molecule has 4 rings (SSSR count). The molecule has 0 amide bonds. The predicted octanol–water partition coefficient (Wildman–Crippen LogP) is 5.17. The molecule has 2 heterocycles. The summed E-state index contributed by atoms with van der Waals surface area (Å²) in [4.78, 5) is 15.9. The number of nitrogens with zero attached hydrogens (tertiary/aromatic N) is 5. The first-order valence-corrected chi connectivity index (χ1v) is 10.3. The van der Waals surface area contributed by atoms with Gasteiger partial charge in [0.2, 0.25) is 5.95 Å². The molecule has 6 nitrogen and oxygen atoms in total. The molecule has 2 aromatic carbocycles. The van der Waals surface area contributed by atoms with E-state index in [9.17, 15) is 0 Å². The Bertz CT molecular complexity index is 1170. The first kappa shape index (κ1) is 20.3. The SMILES string of the molecule is C=CCN(CC=C)c1ccc2ncn(-c3ccnc(NC(C)c4ccccc4)n3)c2c1. The van der Waals surface area contributed by atoms with Crippen molar-refractivity contribution in [3.63, 3.8) is 0 Å². The van der Waals surface area contributed by atoms with Gasteiger partial charge >= 0.3 is 0 Å². The van der Waals surface area contributed by atoms with Crippen molar-refractivity contribution in [1.82, 2.24) is 19.5 Å². The van der Waals surface area contributed by atoms with Crippen molar-refractivity contribution in [2.75, 3.05) is 23.3 Å². The fraction of sp³-hybridized carbons (Fsp3) is 0.160. The van der Waals surface area contributed by atoms with Gasteiger partial charge in [-0.1, -0.05) is 42.5 Å². The molecular formula is C25H26N6. The molecule has 0 bridgehead atoms. The van der Waals surface area contributed by atoms with Crippen LogP contribution in [0, 0.1) is 0 Å². The fourth-order valence-electron chi connectivity index (χ4n) is 3.54. The van der Waals surface area contributed by atoms with E-state index in [4.69, 9.17) is 4.98 Å². The van der Waals surface area contributed by atoms with E-state index in [0.717, 1.165) is 35.6 Å². The van der Waals surface area contributed by atoms with Gasteiger partial charge < -0.3 is 10.2 Å². The topological polar surface area (TPSA) is 58.9 Å². The van der Waals surface area contributed by atoms with Crippen LogP contribution in [0.4, 0.5) is 11.6 Å². The fourth-order valence-corrected chi connectivity index (χ4v) is 3.54. The molecule has 156 valence electrons. The van der Waals surface area contributed by atoms with Crippen molar-refractivity contribution >= 4 is 22.7 Å². The Balaban J connectivity index is 1.65. The van der Waals surface area contributed by atoms with Crippen molar-refractivity contribution in [2.24, 2.45) is 0 Å². The molecular weight excluding hydrogens is 384 g/mol. The molecule has 0 aliphatic heterocycles. The molecule has 0 fully saturated rings. The third-order valence-electron chi connectivity index (χ3n) is 5.13. The molecule has 0 saturated heterocycles. The smallest absolute Gasteiger partial charge is 0.225 e. The molecule has 6 heteroatoms. The van der Waals surface area contributed by atoms with Gasteiger partial charge in [-0.2, -0.15) is 4.98 Å². The van der Waals surface area contributed by atoms with Crippen LogP contribution in [0.2, 0.25) is 0 Å². The van der Waals surface area contributed by atoms with Gasteiger partial charge in [0.1, 0.15) is 12.1 Å². The highest BCUT2D eigenvalue weighted by molar-refractivity contribution is 5.81.